The van der Waals surface area contributed by atoms with E-state index in [1.807, 2.05) is 0 Å². The zero-order valence-corrected chi connectivity index (χ0v) is 7.90. The lowest BCUT2D eigenvalue weighted by Gasteiger charge is -2.39. The molecule has 0 aromatic rings. The van der Waals surface area contributed by atoms with E-state index in [0.29, 0.717) is 13.1 Å². The van der Waals surface area contributed by atoms with Crippen molar-refractivity contribution in [2.75, 3.05) is 19.6 Å². The van der Waals surface area contributed by atoms with Gasteiger partial charge in [-0.3, -0.25) is 0 Å². The standard InChI is InChI=1S/C9H16F3N/c1-2-3-4-13-6-8(7-13)5-9(10,11)12/h8H,2-7H2,1H3. The molecule has 1 rings (SSSR count). The van der Waals surface area contributed by atoms with Crippen molar-refractivity contribution in [1.82, 2.24) is 4.90 Å². The third-order valence-electron chi connectivity index (χ3n) is 2.38. The van der Waals surface area contributed by atoms with Gasteiger partial charge in [0.05, 0.1) is 0 Å². The van der Waals surface area contributed by atoms with Crippen LogP contribution in [0.4, 0.5) is 13.2 Å². The van der Waals surface area contributed by atoms with Crippen molar-refractivity contribution >= 4 is 0 Å². The zero-order valence-electron chi connectivity index (χ0n) is 7.90. The van der Waals surface area contributed by atoms with E-state index in [4.69, 9.17) is 0 Å². The van der Waals surface area contributed by atoms with Crippen LogP contribution in [0.2, 0.25) is 0 Å². The molecule has 1 saturated heterocycles. The maximum Gasteiger partial charge on any atom is 0.389 e. The Balaban J connectivity index is 2.05. The number of rotatable bonds is 4. The fourth-order valence-electron chi connectivity index (χ4n) is 1.70. The molecule has 0 aromatic heterocycles. The molecule has 0 unspecified atom stereocenters. The minimum absolute atomic E-state index is 0.142. The van der Waals surface area contributed by atoms with Crippen LogP contribution in [0.25, 0.3) is 0 Å². The minimum Gasteiger partial charge on any atom is -0.303 e. The molecule has 0 aliphatic carbocycles. The Morgan fingerprint density at radius 3 is 2.38 bits per heavy atom. The van der Waals surface area contributed by atoms with Gasteiger partial charge in [-0.25, -0.2) is 0 Å². The van der Waals surface area contributed by atoms with Gasteiger partial charge < -0.3 is 4.90 Å². The first-order valence-electron chi connectivity index (χ1n) is 4.80. The summed E-state index contributed by atoms with van der Waals surface area (Å²) in [4.78, 5) is 2.10. The molecule has 0 bridgehead atoms. The molecule has 0 aromatic carbocycles. The smallest absolute Gasteiger partial charge is 0.303 e. The molecule has 78 valence electrons. The van der Waals surface area contributed by atoms with E-state index in [1.165, 1.54) is 0 Å². The Morgan fingerprint density at radius 2 is 1.92 bits per heavy atom. The predicted molar refractivity (Wildman–Crippen MR) is 45.5 cm³/mol. The Bertz CT molecular complexity index is 149. The first-order valence-corrected chi connectivity index (χ1v) is 4.80. The van der Waals surface area contributed by atoms with Crippen LogP contribution in [-0.4, -0.2) is 30.7 Å². The first kappa shape index (κ1) is 10.8. The lowest BCUT2D eigenvalue weighted by Crippen LogP contribution is -2.48. The molecule has 1 nitrogen and oxygen atoms in total. The molecule has 0 amide bonds. The topological polar surface area (TPSA) is 3.24 Å². The lowest BCUT2D eigenvalue weighted by molar-refractivity contribution is -0.155. The molecule has 0 radical (unpaired) electrons. The van der Waals surface area contributed by atoms with E-state index < -0.39 is 12.6 Å². The normalized spacial score (nSPS) is 20.3. The summed E-state index contributed by atoms with van der Waals surface area (Å²) in [5, 5.41) is 0. The molecule has 1 heterocycles. The summed E-state index contributed by atoms with van der Waals surface area (Å²) in [6, 6.07) is 0. The fourth-order valence-corrected chi connectivity index (χ4v) is 1.70. The second-order valence-electron chi connectivity index (χ2n) is 3.80. The molecular weight excluding hydrogens is 179 g/mol. The number of unbranched alkanes of at least 4 members (excludes halogenated alkanes) is 1. The second-order valence-corrected chi connectivity index (χ2v) is 3.80. The Hall–Kier alpha value is -0.250. The fraction of sp³-hybridized carbons (Fsp3) is 1.00. The van der Waals surface area contributed by atoms with Gasteiger partial charge in [-0.15, -0.1) is 0 Å². The molecule has 0 N–H and O–H groups in total. The van der Waals surface area contributed by atoms with E-state index in [1.54, 1.807) is 0 Å². The molecule has 1 aliphatic heterocycles. The van der Waals surface area contributed by atoms with Crippen LogP contribution >= 0.6 is 0 Å². The number of nitrogens with zero attached hydrogens (tertiary/aromatic N) is 1. The van der Waals surface area contributed by atoms with Crippen LogP contribution in [0, 0.1) is 5.92 Å². The Labute approximate surface area is 76.9 Å². The van der Waals surface area contributed by atoms with E-state index in [9.17, 15) is 13.2 Å². The van der Waals surface area contributed by atoms with Crippen molar-refractivity contribution < 1.29 is 13.2 Å². The van der Waals surface area contributed by atoms with Gasteiger partial charge in [-0.1, -0.05) is 13.3 Å². The summed E-state index contributed by atoms with van der Waals surface area (Å²) in [6.07, 6.45) is -2.36. The number of hydrogen-bond acceptors (Lipinski definition) is 1. The first-order chi connectivity index (χ1) is 6.01. The quantitative estimate of drug-likeness (QED) is 0.666. The Kier molecular flexibility index (Phi) is 3.59. The number of alkyl halides is 3. The van der Waals surface area contributed by atoms with Gasteiger partial charge in [0.15, 0.2) is 0 Å². The molecule has 1 fully saturated rings. The molecular formula is C9H16F3N. The van der Waals surface area contributed by atoms with E-state index in [2.05, 4.69) is 11.8 Å². The summed E-state index contributed by atoms with van der Waals surface area (Å²) in [5.74, 6) is -0.142. The maximum atomic E-state index is 11.9. The summed E-state index contributed by atoms with van der Waals surface area (Å²) in [6.45, 7) is 4.33. The third kappa shape index (κ3) is 3.98. The van der Waals surface area contributed by atoms with Gasteiger partial charge in [0.25, 0.3) is 0 Å². The average Bonchev–Trinajstić information content (AvgIpc) is 1.91. The van der Waals surface area contributed by atoms with Gasteiger partial charge in [0.1, 0.15) is 0 Å². The molecule has 4 heteroatoms. The molecule has 13 heavy (non-hydrogen) atoms. The van der Waals surface area contributed by atoms with Crippen LogP contribution in [0.5, 0.6) is 0 Å². The highest BCUT2D eigenvalue weighted by Gasteiger charge is 2.37. The van der Waals surface area contributed by atoms with Crippen molar-refractivity contribution in [2.24, 2.45) is 5.92 Å². The van der Waals surface area contributed by atoms with Gasteiger partial charge in [0.2, 0.25) is 0 Å². The summed E-state index contributed by atoms with van der Waals surface area (Å²) >= 11 is 0. The maximum absolute atomic E-state index is 11.9. The van der Waals surface area contributed by atoms with Crippen molar-refractivity contribution in [3.05, 3.63) is 0 Å². The lowest BCUT2D eigenvalue weighted by atomic mass is 9.96. The van der Waals surface area contributed by atoms with E-state index >= 15 is 0 Å². The van der Waals surface area contributed by atoms with Gasteiger partial charge in [-0.2, -0.15) is 13.2 Å². The summed E-state index contributed by atoms with van der Waals surface area (Å²) < 4.78 is 35.7. The third-order valence-corrected chi connectivity index (χ3v) is 2.38. The highest BCUT2D eigenvalue weighted by atomic mass is 19.4. The largest absolute Gasteiger partial charge is 0.389 e. The van der Waals surface area contributed by atoms with Crippen molar-refractivity contribution in [3.63, 3.8) is 0 Å². The molecule has 0 saturated carbocycles. The zero-order chi connectivity index (χ0) is 9.90. The summed E-state index contributed by atoms with van der Waals surface area (Å²) in [7, 11) is 0. The molecule has 1 aliphatic rings. The number of hydrogen-bond donors (Lipinski definition) is 0. The Morgan fingerprint density at radius 1 is 1.31 bits per heavy atom. The predicted octanol–water partition coefficient (Wildman–Crippen LogP) is 2.67. The minimum atomic E-state index is -3.97. The van der Waals surface area contributed by atoms with Gasteiger partial charge in [0, 0.05) is 19.5 Å². The molecule has 0 spiro atoms. The van der Waals surface area contributed by atoms with Crippen LogP contribution in [-0.2, 0) is 0 Å². The van der Waals surface area contributed by atoms with Crippen molar-refractivity contribution in [2.45, 2.75) is 32.4 Å². The van der Waals surface area contributed by atoms with Crippen LogP contribution in [0.1, 0.15) is 26.2 Å². The second kappa shape index (κ2) is 4.31. The monoisotopic (exact) mass is 195 g/mol. The van der Waals surface area contributed by atoms with Gasteiger partial charge in [-0.05, 0) is 18.9 Å². The van der Waals surface area contributed by atoms with Gasteiger partial charge >= 0.3 is 6.18 Å². The van der Waals surface area contributed by atoms with E-state index in [-0.39, 0.29) is 5.92 Å². The summed E-state index contributed by atoms with van der Waals surface area (Å²) in [5.41, 5.74) is 0. The molecule has 0 atom stereocenters. The number of likely N-dealkylation sites (tertiary alicyclic amines) is 1. The van der Waals surface area contributed by atoms with Crippen molar-refractivity contribution in [1.29, 1.82) is 0 Å². The van der Waals surface area contributed by atoms with Crippen LogP contribution in [0.15, 0.2) is 0 Å². The van der Waals surface area contributed by atoms with Crippen LogP contribution in [0.3, 0.4) is 0 Å². The SMILES string of the molecule is CCCCN1CC(CC(F)(F)F)C1. The number of halogens is 3. The van der Waals surface area contributed by atoms with E-state index in [0.717, 1.165) is 19.4 Å². The highest BCUT2D eigenvalue weighted by Crippen LogP contribution is 2.30. The van der Waals surface area contributed by atoms with Crippen molar-refractivity contribution in [3.8, 4) is 0 Å². The highest BCUT2D eigenvalue weighted by molar-refractivity contribution is 4.81. The average molecular weight is 195 g/mol. The van der Waals surface area contributed by atoms with Crippen LogP contribution < -0.4 is 0 Å².